The predicted molar refractivity (Wildman–Crippen MR) is 72.7 cm³/mol. The normalized spacial score (nSPS) is 55.6. The van der Waals surface area contributed by atoms with Gasteiger partial charge in [0.2, 0.25) is 12.1 Å². The molecule has 7 atom stereocenters. The second-order valence-corrected chi connectivity index (χ2v) is 7.40. The van der Waals surface area contributed by atoms with Crippen molar-refractivity contribution in [1.82, 2.24) is 0 Å². The average molecular weight is 296 g/mol. The second-order valence-electron chi connectivity index (χ2n) is 7.40. The molecule has 0 aromatic carbocycles. The highest BCUT2D eigenvalue weighted by Crippen LogP contribution is 2.60. The third-order valence-corrected chi connectivity index (χ3v) is 6.36. The molecule has 4 heterocycles. The van der Waals surface area contributed by atoms with E-state index in [0.717, 1.165) is 25.7 Å². The summed E-state index contributed by atoms with van der Waals surface area (Å²) in [6.45, 7) is 6.42. The average Bonchev–Trinajstić information content (AvgIpc) is 2.67. The van der Waals surface area contributed by atoms with Crippen LogP contribution in [-0.2, 0) is 24.0 Å². The first kappa shape index (κ1) is 14.0. The Hall–Kier alpha value is -0.650. The summed E-state index contributed by atoms with van der Waals surface area (Å²) in [4.78, 5) is 23.6. The molecule has 5 heteroatoms. The quantitative estimate of drug-likeness (QED) is 0.550. The highest BCUT2D eigenvalue weighted by molar-refractivity contribution is 5.71. The van der Waals surface area contributed by atoms with Gasteiger partial charge in [-0.1, -0.05) is 20.3 Å². The second kappa shape index (κ2) is 4.43. The molecule has 2 bridgehead atoms. The summed E-state index contributed by atoms with van der Waals surface area (Å²) in [5.41, 5.74) is -0.602. The minimum absolute atomic E-state index is 0.137. The summed E-state index contributed by atoms with van der Waals surface area (Å²) in [7, 11) is 0. The van der Waals surface area contributed by atoms with Gasteiger partial charge in [-0.25, -0.2) is 9.78 Å². The molecule has 0 N–H and O–H groups in total. The first-order chi connectivity index (χ1) is 9.98. The number of hydrogen-bond acceptors (Lipinski definition) is 5. The minimum Gasteiger partial charge on any atom is -0.432 e. The van der Waals surface area contributed by atoms with Gasteiger partial charge in [0, 0.05) is 18.3 Å². The predicted octanol–water partition coefficient (Wildman–Crippen LogP) is 2.79. The summed E-state index contributed by atoms with van der Waals surface area (Å²) in [6.07, 6.45) is 3.71. The van der Waals surface area contributed by atoms with Crippen LogP contribution in [0.2, 0.25) is 0 Å². The zero-order chi connectivity index (χ0) is 14.8. The molecular weight excluding hydrogens is 272 g/mol. The van der Waals surface area contributed by atoms with Gasteiger partial charge in [-0.3, -0.25) is 4.79 Å². The Labute approximate surface area is 125 Å². The van der Waals surface area contributed by atoms with Crippen LogP contribution in [0.3, 0.4) is 0 Å². The van der Waals surface area contributed by atoms with E-state index in [1.54, 1.807) is 0 Å². The highest BCUT2D eigenvalue weighted by Gasteiger charge is 2.69. The molecule has 5 fully saturated rings. The molecule has 5 nitrogen and oxygen atoms in total. The van der Waals surface area contributed by atoms with Crippen molar-refractivity contribution in [3.8, 4) is 0 Å². The van der Waals surface area contributed by atoms with Gasteiger partial charge in [-0.15, -0.1) is 0 Å². The van der Waals surface area contributed by atoms with Gasteiger partial charge in [0.1, 0.15) is 0 Å². The van der Waals surface area contributed by atoms with E-state index in [4.69, 9.17) is 19.2 Å². The molecule has 0 radical (unpaired) electrons. The van der Waals surface area contributed by atoms with Crippen molar-refractivity contribution in [3.05, 3.63) is 0 Å². The van der Waals surface area contributed by atoms with Crippen LogP contribution in [0.4, 0.5) is 0 Å². The lowest BCUT2D eigenvalue weighted by atomic mass is 9.56. The molecule has 6 unspecified atom stereocenters. The van der Waals surface area contributed by atoms with E-state index in [2.05, 4.69) is 13.8 Å². The monoisotopic (exact) mass is 296 g/mol. The summed E-state index contributed by atoms with van der Waals surface area (Å²) < 4.78 is 11.6. The Morgan fingerprint density at radius 1 is 1.33 bits per heavy atom. The number of rotatable bonds is 1. The van der Waals surface area contributed by atoms with Crippen molar-refractivity contribution in [2.75, 3.05) is 0 Å². The van der Waals surface area contributed by atoms with Crippen molar-refractivity contribution in [2.24, 2.45) is 23.7 Å². The first-order valence-electron chi connectivity index (χ1n) is 8.22. The van der Waals surface area contributed by atoms with Crippen molar-refractivity contribution >= 4 is 5.97 Å². The third kappa shape index (κ3) is 1.77. The molecule has 5 aliphatic rings. The van der Waals surface area contributed by atoms with Gasteiger partial charge in [0.25, 0.3) is 0 Å². The van der Waals surface area contributed by atoms with Gasteiger partial charge in [-0.05, 0) is 31.6 Å². The maximum absolute atomic E-state index is 12.0. The SMILES string of the molecule is CC[C@@H]1CC2CC(=O)OC3OC4(C)CCC(C1C)C23OO4. The molecule has 118 valence electrons. The lowest BCUT2D eigenvalue weighted by Crippen LogP contribution is -2.68. The Kier molecular flexibility index (Phi) is 2.95. The smallest absolute Gasteiger partial charge is 0.308 e. The van der Waals surface area contributed by atoms with E-state index in [1.165, 1.54) is 0 Å². The number of carbonyl (C=O) groups is 1. The van der Waals surface area contributed by atoms with Crippen LogP contribution < -0.4 is 0 Å². The number of fused-ring (bicyclic) bond motifs is 2. The molecule has 4 saturated heterocycles. The maximum Gasteiger partial charge on any atom is 0.308 e. The Balaban J connectivity index is 1.80. The van der Waals surface area contributed by atoms with Crippen LogP contribution in [0.15, 0.2) is 0 Å². The van der Waals surface area contributed by atoms with Gasteiger partial charge in [0.05, 0.1) is 6.42 Å². The van der Waals surface area contributed by atoms with Crippen LogP contribution in [0, 0.1) is 23.7 Å². The summed E-state index contributed by atoms with van der Waals surface area (Å²) in [5, 5.41) is 0. The van der Waals surface area contributed by atoms with Crippen molar-refractivity contribution in [1.29, 1.82) is 0 Å². The molecule has 0 aromatic rings. The summed E-state index contributed by atoms with van der Waals surface area (Å²) in [5.74, 6) is 0.653. The van der Waals surface area contributed by atoms with E-state index in [1.807, 2.05) is 6.92 Å². The van der Waals surface area contributed by atoms with Gasteiger partial charge in [-0.2, -0.15) is 0 Å². The van der Waals surface area contributed by atoms with Crippen LogP contribution in [0.5, 0.6) is 0 Å². The number of hydrogen-bond donors (Lipinski definition) is 0. The zero-order valence-electron chi connectivity index (χ0n) is 13.0. The largest absolute Gasteiger partial charge is 0.432 e. The molecule has 1 aliphatic carbocycles. The van der Waals surface area contributed by atoms with Crippen molar-refractivity contribution < 1.29 is 24.0 Å². The topological polar surface area (TPSA) is 54.0 Å². The van der Waals surface area contributed by atoms with Gasteiger partial charge >= 0.3 is 5.97 Å². The fourth-order valence-electron chi connectivity index (χ4n) is 5.11. The van der Waals surface area contributed by atoms with Gasteiger partial charge < -0.3 is 9.47 Å². The molecular formula is C16H24O5. The maximum atomic E-state index is 12.0. The fraction of sp³-hybridized carbons (Fsp3) is 0.938. The van der Waals surface area contributed by atoms with Crippen molar-refractivity contribution in [3.63, 3.8) is 0 Å². The Morgan fingerprint density at radius 2 is 2.14 bits per heavy atom. The third-order valence-electron chi connectivity index (χ3n) is 6.36. The van der Waals surface area contributed by atoms with E-state index in [-0.39, 0.29) is 11.9 Å². The zero-order valence-corrected chi connectivity index (χ0v) is 13.0. The molecule has 4 aliphatic heterocycles. The Morgan fingerprint density at radius 3 is 2.90 bits per heavy atom. The van der Waals surface area contributed by atoms with Crippen molar-refractivity contribution in [2.45, 2.75) is 70.6 Å². The van der Waals surface area contributed by atoms with E-state index in [0.29, 0.717) is 24.2 Å². The fourth-order valence-corrected chi connectivity index (χ4v) is 5.11. The summed E-state index contributed by atoms with van der Waals surface area (Å²) >= 11 is 0. The van der Waals surface area contributed by atoms with Gasteiger partial charge in [0.15, 0.2) is 5.60 Å². The molecule has 1 spiro atoms. The Bertz CT molecular complexity index is 466. The molecule has 1 saturated carbocycles. The summed E-state index contributed by atoms with van der Waals surface area (Å²) in [6, 6.07) is 0. The van der Waals surface area contributed by atoms with Crippen LogP contribution in [0.1, 0.15) is 52.9 Å². The number of esters is 1. The van der Waals surface area contributed by atoms with E-state index in [9.17, 15) is 4.79 Å². The van der Waals surface area contributed by atoms with Crippen LogP contribution >= 0.6 is 0 Å². The highest BCUT2D eigenvalue weighted by atomic mass is 17.3. The molecule has 21 heavy (non-hydrogen) atoms. The van der Waals surface area contributed by atoms with Crippen LogP contribution in [-0.4, -0.2) is 23.6 Å². The lowest BCUT2D eigenvalue weighted by molar-refractivity contribution is -0.558. The first-order valence-corrected chi connectivity index (χ1v) is 8.22. The lowest BCUT2D eigenvalue weighted by Gasteiger charge is -2.57. The number of carbonyl (C=O) groups excluding carboxylic acids is 1. The van der Waals surface area contributed by atoms with E-state index >= 15 is 0 Å². The molecule has 0 amide bonds. The van der Waals surface area contributed by atoms with E-state index < -0.39 is 17.7 Å². The molecule has 0 aromatic heterocycles. The number of ether oxygens (including phenoxy) is 2. The standard InChI is InChI=1S/C16H24O5/c1-4-10-7-11-8-13(17)18-14-16(11)12(9(10)2)5-6-15(3,19-14)20-21-16/h9-12,14H,4-8H2,1-3H3/t9?,10-,11?,12?,14?,15?,16?/m1/s1. The molecule has 5 rings (SSSR count). The minimum atomic E-state index is -0.795. The van der Waals surface area contributed by atoms with Crippen LogP contribution in [0.25, 0.3) is 0 Å².